The minimum absolute atomic E-state index is 0.0394. The molecule has 100 valence electrons. The average Bonchev–Trinajstić information content (AvgIpc) is 2.77. The standard InChI is InChI=1S/C12H14N4O3/c1-16-12(8-5-6-13-7-9(8)17)14-10(15-16)3-4-11(18)19-2/h5-7,17H,3-4H2,1-2H3. The van der Waals surface area contributed by atoms with Gasteiger partial charge in [0.2, 0.25) is 0 Å². The van der Waals surface area contributed by atoms with E-state index in [-0.39, 0.29) is 18.1 Å². The Morgan fingerprint density at radius 1 is 1.53 bits per heavy atom. The van der Waals surface area contributed by atoms with E-state index in [1.165, 1.54) is 13.3 Å². The van der Waals surface area contributed by atoms with Crippen LogP contribution in [-0.2, 0) is 23.0 Å². The number of pyridine rings is 1. The molecule has 0 radical (unpaired) electrons. The summed E-state index contributed by atoms with van der Waals surface area (Å²) >= 11 is 0. The molecule has 0 fully saturated rings. The van der Waals surface area contributed by atoms with Gasteiger partial charge in [0.1, 0.15) is 5.75 Å². The van der Waals surface area contributed by atoms with Crippen LogP contribution in [0.4, 0.5) is 0 Å². The van der Waals surface area contributed by atoms with Crippen molar-refractivity contribution in [3.63, 3.8) is 0 Å². The van der Waals surface area contributed by atoms with Crippen molar-refractivity contribution in [3.8, 4) is 17.1 Å². The highest BCUT2D eigenvalue weighted by molar-refractivity contribution is 5.69. The molecule has 7 nitrogen and oxygen atoms in total. The Labute approximate surface area is 109 Å². The van der Waals surface area contributed by atoms with Gasteiger partial charge in [-0.05, 0) is 6.07 Å². The van der Waals surface area contributed by atoms with Crippen LogP contribution in [0.15, 0.2) is 18.5 Å². The molecule has 2 aromatic rings. The zero-order valence-electron chi connectivity index (χ0n) is 10.7. The molecule has 7 heteroatoms. The molecule has 2 aromatic heterocycles. The number of aromatic hydroxyl groups is 1. The molecular formula is C12H14N4O3. The predicted molar refractivity (Wildman–Crippen MR) is 66.2 cm³/mol. The van der Waals surface area contributed by atoms with Crippen molar-refractivity contribution in [1.82, 2.24) is 19.7 Å². The number of esters is 1. The lowest BCUT2D eigenvalue weighted by molar-refractivity contribution is -0.140. The zero-order valence-corrected chi connectivity index (χ0v) is 10.7. The second-order valence-electron chi connectivity index (χ2n) is 3.94. The van der Waals surface area contributed by atoms with Gasteiger partial charge in [0, 0.05) is 19.7 Å². The van der Waals surface area contributed by atoms with Crippen LogP contribution >= 0.6 is 0 Å². The number of carbonyl (C=O) groups is 1. The molecule has 1 N–H and O–H groups in total. The minimum Gasteiger partial charge on any atom is -0.506 e. The summed E-state index contributed by atoms with van der Waals surface area (Å²) in [6.07, 6.45) is 3.53. The number of hydrogen-bond donors (Lipinski definition) is 1. The molecule has 2 heterocycles. The van der Waals surface area contributed by atoms with Gasteiger partial charge in [0.25, 0.3) is 0 Å². The number of hydrogen-bond acceptors (Lipinski definition) is 6. The van der Waals surface area contributed by atoms with Gasteiger partial charge in [-0.3, -0.25) is 9.78 Å². The molecule has 0 bridgehead atoms. The summed E-state index contributed by atoms with van der Waals surface area (Å²) in [4.78, 5) is 19.2. The third kappa shape index (κ3) is 2.87. The average molecular weight is 262 g/mol. The fourth-order valence-corrected chi connectivity index (χ4v) is 1.67. The monoisotopic (exact) mass is 262 g/mol. The van der Waals surface area contributed by atoms with Gasteiger partial charge in [0.15, 0.2) is 11.6 Å². The third-order valence-corrected chi connectivity index (χ3v) is 2.63. The maximum absolute atomic E-state index is 11.1. The van der Waals surface area contributed by atoms with Crippen molar-refractivity contribution in [2.75, 3.05) is 7.11 Å². The lowest BCUT2D eigenvalue weighted by Crippen LogP contribution is -2.03. The molecule has 0 saturated heterocycles. The van der Waals surface area contributed by atoms with Gasteiger partial charge >= 0.3 is 5.97 Å². The Morgan fingerprint density at radius 2 is 2.32 bits per heavy atom. The number of rotatable bonds is 4. The first kappa shape index (κ1) is 13.0. The lowest BCUT2D eigenvalue weighted by Gasteiger charge is -2.01. The van der Waals surface area contributed by atoms with Crippen LogP contribution in [0.1, 0.15) is 12.2 Å². The van der Waals surface area contributed by atoms with E-state index in [9.17, 15) is 9.90 Å². The number of methoxy groups -OCH3 is 1. The summed E-state index contributed by atoms with van der Waals surface area (Å²) in [5.74, 6) is 0.789. The van der Waals surface area contributed by atoms with Gasteiger partial charge in [-0.2, -0.15) is 5.10 Å². The van der Waals surface area contributed by atoms with Gasteiger partial charge < -0.3 is 9.84 Å². The van der Waals surface area contributed by atoms with Gasteiger partial charge in [0.05, 0.1) is 25.3 Å². The molecule has 19 heavy (non-hydrogen) atoms. The topological polar surface area (TPSA) is 90.1 Å². The van der Waals surface area contributed by atoms with Crippen LogP contribution in [0, 0.1) is 0 Å². The number of ether oxygens (including phenoxy) is 1. The van der Waals surface area contributed by atoms with Gasteiger partial charge in [-0.1, -0.05) is 0 Å². The predicted octanol–water partition coefficient (Wildman–Crippen LogP) is 0.688. The first-order chi connectivity index (χ1) is 9.11. The van der Waals surface area contributed by atoms with Crippen molar-refractivity contribution in [1.29, 1.82) is 0 Å². The summed E-state index contributed by atoms with van der Waals surface area (Å²) in [6.45, 7) is 0. The minimum atomic E-state index is -0.305. The van der Waals surface area contributed by atoms with Crippen LogP contribution in [-0.4, -0.2) is 37.9 Å². The molecule has 2 rings (SSSR count). The van der Waals surface area contributed by atoms with E-state index in [1.54, 1.807) is 24.0 Å². The molecule has 0 aliphatic carbocycles. The quantitative estimate of drug-likeness (QED) is 0.815. The first-order valence-electron chi connectivity index (χ1n) is 5.72. The molecule has 0 unspecified atom stereocenters. The first-order valence-corrected chi connectivity index (χ1v) is 5.72. The molecule has 0 aromatic carbocycles. The van der Waals surface area contributed by atoms with E-state index in [1.807, 2.05) is 0 Å². The van der Waals surface area contributed by atoms with Crippen molar-refractivity contribution in [3.05, 3.63) is 24.3 Å². The van der Waals surface area contributed by atoms with Crippen LogP contribution in [0.2, 0.25) is 0 Å². The van der Waals surface area contributed by atoms with E-state index < -0.39 is 0 Å². The zero-order chi connectivity index (χ0) is 13.8. The van der Waals surface area contributed by atoms with Crippen LogP contribution in [0.25, 0.3) is 11.4 Å². The van der Waals surface area contributed by atoms with E-state index in [0.717, 1.165) is 0 Å². The highest BCUT2D eigenvalue weighted by atomic mass is 16.5. The van der Waals surface area contributed by atoms with E-state index in [2.05, 4.69) is 19.8 Å². The second-order valence-corrected chi connectivity index (χ2v) is 3.94. The van der Waals surface area contributed by atoms with Crippen LogP contribution in [0.3, 0.4) is 0 Å². The van der Waals surface area contributed by atoms with Crippen molar-refractivity contribution in [2.45, 2.75) is 12.8 Å². The van der Waals surface area contributed by atoms with Gasteiger partial charge in [-0.25, -0.2) is 9.67 Å². The number of carbonyl (C=O) groups excluding carboxylic acids is 1. The molecular weight excluding hydrogens is 248 g/mol. The van der Waals surface area contributed by atoms with Crippen LogP contribution < -0.4 is 0 Å². The molecule has 0 atom stereocenters. The molecule has 0 amide bonds. The highest BCUT2D eigenvalue weighted by Gasteiger charge is 2.13. The third-order valence-electron chi connectivity index (χ3n) is 2.63. The number of aromatic nitrogens is 4. The largest absolute Gasteiger partial charge is 0.506 e. The fourth-order valence-electron chi connectivity index (χ4n) is 1.67. The lowest BCUT2D eigenvalue weighted by atomic mass is 10.2. The maximum Gasteiger partial charge on any atom is 0.305 e. The normalized spacial score (nSPS) is 10.4. The number of nitrogens with zero attached hydrogens (tertiary/aromatic N) is 4. The molecule has 0 spiro atoms. The van der Waals surface area contributed by atoms with Gasteiger partial charge in [-0.15, -0.1) is 0 Å². The Morgan fingerprint density at radius 3 is 3.00 bits per heavy atom. The SMILES string of the molecule is COC(=O)CCc1nc(-c2ccncc2O)n(C)n1. The number of aryl methyl sites for hydroxylation is 2. The summed E-state index contributed by atoms with van der Waals surface area (Å²) in [7, 11) is 3.07. The Balaban J connectivity index is 2.22. The second kappa shape index (κ2) is 5.47. The smallest absolute Gasteiger partial charge is 0.305 e. The molecule has 0 saturated carbocycles. The Hall–Kier alpha value is -2.44. The summed E-state index contributed by atoms with van der Waals surface area (Å²) in [5, 5.41) is 13.9. The maximum atomic E-state index is 11.1. The summed E-state index contributed by atoms with van der Waals surface area (Å²) in [5.41, 5.74) is 0.550. The van der Waals surface area contributed by atoms with E-state index >= 15 is 0 Å². The molecule has 0 aliphatic rings. The van der Waals surface area contributed by atoms with Crippen LogP contribution in [0.5, 0.6) is 5.75 Å². The highest BCUT2D eigenvalue weighted by Crippen LogP contribution is 2.25. The van der Waals surface area contributed by atoms with Crippen molar-refractivity contribution >= 4 is 5.97 Å². The van der Waals surface area contributed by atoms with E-state index in [4.69, 9.17) is 0 Å². The summed E-state index contributed by atoms with van der Waals surface area (Å²) in [6, 6.07) is 1.66. The Bertz CT molecular complexity index is 594. The van der Waals surface area contributed by atoms with Crippen molar-refractivity contribution in [2.24, 2.45) is 7.05 Å². The van der Waals surface area contributed by atoms with E-state index in [0.29, 0.717) is 23.6 Å². The fraction of sp³-hybridized carbons (Fsp3) is 0.333. The molecule has 0 aliphatic heterocycles. The summed E-state index contributed by atoms with van der Waals surface area (Å²) < 4.78 is 6.12. The Kier molecular flexibility index (Phi) is 3.74. The van der Waals surface area contributed by atoms with Crippen molar-refractivity contribution < 1.29 is 14.6 Å².